The van der Waals surface area contributed by atoms with E-state index < -0.39 is 0 Å². The van der Waals surface area contributed by atoms with Gasteiger partial charge in [-0.15, -0.1) is 10.2 Å². The Balaban J connectivity index is 1.61. The van der Waals surface area contributed by atoms with Gasteiger partial charge in [0.15, 0.2) is 11.0 Å². The third-order valence-electron chi connectivity index (χ3n) is 6.02. The predicted molar refractivity (Wildman–Crippen MR) is 156 cm³/mol. The Kier molecular flexibility index (Phi) is 8.81. The van der Waals surface area contributed by atoms with Crippen LogP contribution in [-0.4, -0.2) is 47.3 Å². The van der Waals surface area contributed by atoms with E-state index >= 15 is 0 Å². The van der Waals surface area contributed by atoms with Crippen LogP contribution in [0.5, 0.6) is 17.2 Å². The molecule has 0 spiro atoms. The highest BCUT2D eigenvalue weighted by Crippen LogP contribution is 2.31. The van der Waals surface area contributed by atoms with Crippen molar-refractivity contribution in [1.82, 2.24) is 14.8 Å². The second-order valence-electron chi connectivity index (χ2n) is 9.83. The summed E-state index contributed by atoms with van der Waals surface area (Å²) in [6.45, 7) is 9.10. The van der Waals surface area contributed by atoms with Crippen LogP contribution in [0.2, 0.25) is 0 Å². The summed E-state index contributed by atoms with van der Waals surface area (Å²) in [6.07, 6.45) is 0. The first kappa shape index (κ1) is 28.0. The van der Waals surface area contributed by atoms with Crippen LogP contribution in [0.3, 0.4) is 0 Å². The van der Waals surface area contributed by atoms with E-state index in [-0.39, 0.29) is 17.1 Å². The number of benzene rings is 3. The van der Waals surface area contributed by atoms with Crippen LogP contribution >= 0.6 is 11.8 Å². The summed E-state index contributed by atoms with van der Waals surface area (Å²) in [5, 5.41) is 12.5. The van der Waals surface area contributed by atoms with Crippen LogP contribution in [0.4, 0.5) is 5.69 Å². The molecular weight excluding hydrogens is 512 g/mol. The maximum atomic E-state index is 12.9. The third kappa shape index (κ3) is 6.92. The standard InChI is InChI=1S/C30H34N4O4S/c1-7-38-24-14-12-23(13-15-24)34-28(20-8-10-21(11-9-20)30(2,3)4)32-33-29(34)39-19-27(35)31-22-16-25(36-5)18-26(17-22)37-6/h8-18H,7,19H2,1-6H3,(H,31,35). The molecule has 0 aliphatic heterocycles. The lowest BCUT2D eigenvalue weighted by Crippen LogP contribution is -2.14. The first-order valence-corrected chi connectivity index (χ1v) is 13.7. The smallest absolute Gasteiger partial charge is 0.234 e. The number of methoxy groups -OCH3 is 2. The molecule has 0 radical (unpaired) electrons. The maximum absolute atomic E-state index is 12.9. The SMILES string of the molecule is CCOc1ccc(-n2c(SCC(=O)Nc3cc(OC)cc(OC)c3)nnc2-c2ccc(C(C)(C)C)cc2)cc1. The van der Waals surface area contributed by atoms with Crippen molar-refractivity contribution in [2.45, 2.75) is 38.3 Å². The number of anilines is 1. The minimum Gasteiger partial charge on any atom is -0.497 e. The average molecular weight is 547 g/mol. The van der Waals surface area contributed by atoms with Crippen molar-refractivity contribution in [2.24, 2.45) is 0 Å². The van der Waals surface area contributed by atoms with E-state index in [1.807, 2.05) is 35.8 Å². The van der Waals surface area contributed by atoms with Crippen molar-refractivity contribution >= 4 is 23.4 Å². The zero-order valence-electron chi connectivity index (χ0n) is 23.1. The molecule has 1 aromatic heterocycles. The van der Waals surface area contributed by atoms with Gasteiger partial charge in [0.1, 0.15) is 17.2 Å². The fourth-order valence-electron chi connectivity index (χ4n) is 3.97. The van der Waals surface area contributed by atoms with E-state index in [0.29, 0.717) is 34.8 Å². The molecule has 4 rings (SSSR count). The third-order valence-corrected chi connectivity index (χ3v) is 6.94. The first-order chi connectivity index (χ1) is 18.7. The van der Waals surface area contributed by atoms with Gasteiger partial charge in [0, 0.05) is 35.1 Å². The van der Waals surface area contributed by atoms with Crippen LogP contribution in [0, 0.1) is 0 Å². The second kappa shape index (κ2) is 12.3. The van der Waals surface area contributed by atoms with Gasteiger partial charge in [-0.3, -0.25) is 9.36 Å². The Hall–Kier alpha value is -3.98. The molecule has 0 aliphatic rings. The lowest BCUT2D eigenvalue weighted by molar-refractivity contribution is -0.113. The molecule has 0 atom stereocenters. The minimum absolute atomic E-state index is 0.0441. The van der Waals surface area contributed by atoms with Gasteiger partial charge >= 0.3 is 0 Å². The molecule has 0 bridgehead atoms. The van der Waals surface area contributed by atoms with Gasteiger partial charge in [0.25, 0.3) is 0 Å². The highest BCUT2D eigenvalue weighted by Gasteiger charge is 2.19. The first-order valence-electron chi connectivity index (χ1n) is 12.7. The van der Waals surface area contributed by atoms with Crippen molar-refractivity contribution in [3.63, 3.8) is 0 Å². The zero-order valence-corrected chi connectivity index (χ0v) is 24.0. The molecule has 0 saturated heterocycles. The number of carbonyl (C=O) groups is 1. The van der Waals surface area contributed by atoms with Gasteiger partial charge in [-0.05, 0) is 42.2 Å². The molecular formula is C30H34N4O4S. The number of thioether (sulfide) groups is 1. The van der Waals surface area contributed by atoms with E-state index in [1.165, 1.54) is 17.3 Å². The van der Waals surface area contributed by atoms with Crippen molar-refractivity contribution in [3.05, 3.63) is 72.3 Å². The molecule has 39 heavy (non-hydrogen) atoms. The molecule has 0 unspecified atom stereocenters. The number of rotatable bonds is 10. The Bertz CT molecular complexity index is 1390. The summed E-state index contributed by atoms with van der Waals surface area (Å²) in [5.74, 6) is 2.61. The highest BCUT2D eigenvalue weighted by molar-refractivity contribution is 7.99. The lowest BCUT2D eigenvalue weighted by atomic mass is 9.87. The molecule has 3 aromatic carbocycles. The molecule has 1 N–H and O–H groups in total. The van der Waals surface area contributed by atoms with E-state index in [2.05, 4.69) is 60.6 Å². The van der Waals surface area contributed by atoms with E-state index in [0.717, 1.165) is 17.0 Å². The molecule has 0 fully saturated rings. The second-order valence-corrected chi connectivity index (χ2v) is 10.8. The molecule has 4 aromatic rings. The summed E-state index contributed by atoms with van der Waals surface area (Å²) in [4.78, 5) is 12.9. The van der Waals surface area contributed by atoms with Crippen LogP contribution in [-0.2, 0) is 10.2 Å². The van der Waals surface area contributed by atoms with Crippen LogP contribution in [0.1, 0.15) is 33.3 Å². The number of ether oxygens (including phenoxy) is 3. The number of nitrogens with one attached hydrogen (secondary N) is 1. The largest absolute Gasteiger partial charge is 0.497 e. The topological polar surface area (TPSA) is 87.5 Å². The number of aromatic nitrogens is 3. The van der Waals surface area contributed by atoms with E-state index in [4.69, 9.17) is 14.2 Å². The van der Waals surface area contributed by atoms with Gasteiger partial charge in [-0.2, -0.15) is 0 Å². The molecule has 8 nitrogen and oxygen atoms in total. The van der Waals surface area contributed by atoms with Crippen molar-refractivity contribution in [2.75, 3.05) is 31.9 Å². The number of hydrogen-bond donors (Lipinski definition) is 1. The normalized spacial score (nSPS) is 11.2. The fraction of sp³-hybridized carbons (Fsp3) is 0.300. The van der Waals surface area contributed by atoms with Crippen molar-refractivity contribution < 1.29 is 19.0 Å². The highest BCUT2D eigenvalue weighted by atomic mass is 32.2. The maximum Gasteiger partial charge on any atom is 0.234 e. The minimum atomic E-state index is -0.187. The van der Waals surface area contributed by atoms with Crippen LogP contribution in [0.15, 0.2) is 71.9 Å². The quantitative estimate of drug-likeness (QED) is 0.231. The number of nitrogens with zero attached hydrogens (tertiary/aromatic N) is 3. The predicted octanol–water partition coefficient (Wildman–Crippen LogP) is 6.38. The van der Waals surface area contributed by atoms with Gasteiger partial charge in [-0.25, -0.2) is 0 Å². The Morgan fingerprint density at radius 3 is 2.10 bits per heavy atom. The summed E-state index contributed by atoms with van der Waals surface area (Å²) in [6, 6.07) is 21.4. The van der Waals surface area contributed by atoms with Crippen molar-refractivity contribution in [1.29, 1.82) is 0 Å². The average Bonchev–Trinajstić information content (AvgIpc) is 3.36. The van der Waals surface area contributed by atoms with Gasteiger partial charge in [0.2, 0.25) is 5.91 Å². The summed E-state index contributed by atoms with van der Waals surface area (Å²) in [5.41, 5.74) is 3.67. The van der Waals surface area contributed by atoms with Gasteiger partial charge in [0.05, 0.1) is 26.6 Å². The number of carbonyl (C=O) groups excluding carboxylic acids is 1. The molecule has 9 heteroatoms. The molecule has 0 aliphatic carbocycles. The Morgan fingerprint density at radius 1 is 0.897 bits per heavy atom. The fourth-order valence-corrected chi connectivity index (χ4v) is 4.72. The van der Waals surface area contributed by atoms with Crippen molar-refractivity contribution in [3.8, 4) is 34.3 Å². The van der Waals surface area contributed by atoms with E-state index in [9.17, 15) is 4.79 Å². The van der Waals surface area contributed by atoms with Crippen LogP contribution < -0.4 is 19.5 Å². The van der Waals surface area contributed by atoms with Crippen LogP contribution in [0.25, 0.3) is 17.1 Å². The monoisotopic (exact) mass is 546 g/mol. The summed E-state index contributed by atoms with van der Waals surface area (Å²) >= 11 is 1.31. The Labute approximate surface area is 233 Å². The molecule has 204 valence electrons. The summed E-state index contributed by atoms with van der Waals surface area (Å²) in [7, 11) is 3.14. The number of amides is 1. The summed E-state index contributed by atoms with van der Waals surface area (Å²) < 4.78 is 18.2. The zero-order chi connectivity index (χ0) is 28.0. The Morgan fingerprint density at radius 2 is 1.54 bits per heavy atom. The van der Waals surface area contributed by atoms with Gasteiger partial charge < -0.3 is 19.5 Å². The number of hydrogen-bond acceptors (Lipinski definition) is 7. The van der Waals surface area contributed by atoms with E-state index in [1.54, 1.807) is 32.4 Å². The molecule has 0 saturated carbocycles. The lowest BCUT2D eigenvalue weighted by Gasteiger charge is -2.19. The van der Waals surface area contributed by atoms with Gasteiger partial charge in [-0.1, -0.05) is 56.8 Å². The molecule has 1 heterocycles. The molecule has 1 amide bonds.